The van der Waals surface area contributed by atoms with Gasteiger partial charge in [0.25, 0.3) is 11.8 Å². The van der Waals surface area contributed by atoms with Crippen LogP contribution in [0.4, 0.5) is 0 Å². The molecule has 0 N–H and O–H groups in total. The van der Waals surface area contributed by atoms with E-state index in [1.165, 1.54) is 12.4 Å². The van der Waals surface area contributed by atoms with E-state index in [1.807, 2.05) is 13.0 Å². The second kappa shape index (κ2) is 6.71. The molecule has 0 bridgehead atoms. The zero-order valence-corrected chi connectivity index (χ0v) is 13.7. The van der Waals surface area contributed by atoms with E-state index < -0.39 is 0 Å². The van der Waals surface area contributed by atoms with Gasteiger partial charge in [-0.1, -0.05) is 0 Å². The van der Waals surface area contributed by atoms with Crippen LogP contribution in [0.15, 0.2) is 22.9 Å². The number of carbonyl (C=O) groups excluding carboxylic acids is 1. The third kappa shape index (κ3) is 3.23. The van der Waals surface area contributed by atoms with Crippen LogP contribution in [0.3, 0.4) is 0 Å². The van der Waals surface area contributed by atoms with Crippen LogP contribution in [0.5, 0.6) is 5.88 Å². The Kier molecular flexibility index (Phi) is 4.47. The molecule has 1 aliphatic heterocycles. The van der Waals surface area contributed by atoms with Crippen LogP contribution in [0.1, 0.15) is 40.4 Å². The standard InChI is InChI=1S/C17H18N4O3/c1-11-8-14(12(2)23-11)17(22)21-7-3-4-13(10-21)24-16-15(9-18)19-5-6-20-16/h5-6,8,13H,3-4,7,10H2,1-2H3/t13-/m0/s1. The normalized spacial score (nSPS) is 17.4. The van der Waals surface area contributed by atoms with Gasteiger partial charge in [0.15, 0.2) is 0 Å². The Balaban J connectivity index is 1.71. The summed E-state index contributed by atoms with van der Waals surface area (Å²) in [5.41, 5.74) is 0.743. The first-order valence-corrected chi connectivity index (χ1v) is 7.82. The van der Waals surface area contributed by atoms with Crippen molar-refractivity contribution in [1.29, 1.82) is 5.26 Å². The number of piperidine rings is 1. The van der Waals surface area contributed by atoms with E-state index in [1.54, 1.807) is 17.9 Å². The summed E-state index contributed by atoms with van der Waals surface area (Å²) in [6.45, 7) is 4.73. The fourth-order valence-corrected chi connectivity index (χ4v) is 2.88. The molecule has 7 heteroatoms. The van der Waals surface area contributed by atoms with Crippen LogP contribution >= 0.6 is 0 Å². The van der Waals surface area contributed by atoms with Crippen molar-refractivity contribution < 1.29 is 13.9 Å². The summed E-state index contributed by atoms with van der Waals surface area (Å²) in [6.07, 6.45) is 4.36. The van der Waals surface area contributed by atoms with Crippen molar-refractivity contribution in [3.63, 3.8) is 0 Å². The summed E-state index contributed by atoms with van der Waals surface area (Å²) in [4.78, 5) is 22.4. The number of ether oxygens (including phenoxy) is 1. The number of aryl methyl sites for hydroxylation is 2. The third-order valence-corrected chi connectivity index (χ3v) is 3.99. The highest BCUT2D eigenvalue weighted by Crippen LogP contribution is 2.22. The maximum Gasteiger partial charge on any atom is 0.257 e. The van der Waals surface area contributed by atoms with Gasteiger partial charge in [0.1, 0.15) is 23.7 Å². The topological polar surface area (TPSA) is 92.3 Å². The van der Waals surface area contributed by atoms with Gasteiger partial charge in [-0.25, -0.2) is 9.97 Å². The van der Waals surface area contributed by atoms with E-state index in [-0.39, 0.29) is 23.6 Å². The van der Waals surface area contributed by atoms with Gasteiger partial charge in [0.05, 0.1) is 12.1 Å². The zero-order chi connectivity index (χ0) is 17.1. The average molecular weight is 326 g/mol. The van der Waals surface area contributed by atoms with Crippen molar-refractivity contribution in [2.24, 2.45) is 0 Å². The van der Waals surface area contributed by atoms with E-state index in [0.717, 1.165) is 18.6 Å². The highest BCUT2D eigenvalue weighted by Gasteiger charge is 2.28. The molecule has 3 heterocycles. The molecular weight excluding hydrogens is 308 g/mol. The summed E-state index contributed by atoms with van der Waals surface area (Å²) in [5.74, 6) is 1.51. The summed E-state index contributed by atoms with van der Waals surface area (Å²) >= 11 is 0. The molecule has 2 aromatic heterocycles. The number of aromatic nitrogens is 2. The van der Waals surface area contributed by atoms with Crippen LogP contribution in [0, 0.1) is 25.2 Å². The smallest absolute Gasteiger partial charge is 0.257 e. The first-order chi connectivity index (χ1) is 11.6. The number of rotatable bonds is 3. The molecular formula is C17H18N4O3. The Morgan fingerprint density at radius 3 is 2.92 bits per heavy atom. The maximum absolute atomic E-state index is 12.7. The summed E-state index contributed by atoms with van der Waals surface area (Å²) in [6, 6.07) is 3.73. The van der Waals surface area contributed by atoms with E-state index in [9.17, 15) is 4.79 Å². The number of furan rings is 1. The van der Waals surface area contributed by atoms with E-state index >= 15 is 0 Å². The Bertz CT molecular complexity index is 793. The SMILES string of the molecule is Cc1cc(C(=O)N2CCC[C@H](Oc3nccnc3C#N)C2)c(C)o1. The fraction of sp³-hybridized carbons (Fsp3) is 0.412. The molecule has 0 aliphatic carbocycles. The largest absolute Gasteiger partial charge is 0.470 e. The molecule has 2 aromatic rings. The number of amides is 1. The summed E-state index contributed by atoms with van der Waals surface area (Å²) < 4.78 is 11.3. The molecule has 0 saturated carbocycles. The molecule has 124 valence electrons. The predicted octanol–water partition coefficient (Wildman–Crippen LogP) is 2.24. The van der Waals surface area contributed by atoms with Crippen LogP contribution in [0.2, 0.25) is 0 Å². The number of carbonyl (C=O) groups is 1. The first kappa shape index (κ1) is 16.0. The molecule has 0 spiro atoms. The molecule has 0 aromatic carbocycles. The number of hydrogen-bond acceptors (Lipinski definition) is 6. The minimum absolute atomic E-state index is 0.0581. The lowest BCUT2D eigenvalue weighted by atomic mass is 10.1. The average Bonchev–Trinajstić information content (AvgIpc) is 2.93. The van der Waals surface area contributed by atoms with Gasteiger partial charge in [-0.15, -0.1) is 0 Å². The van der Waals surface area contributed by atoms with Gasteiger partial charge in [-0.05, 0) is 32.8 Å². The van der Waals surface area contributed by atoms with Crippen LogP contribution in [-0.4, -0.2) is 40.0 Å². The van der Waals surface area contributed by atoms with Gasteiger partial charge < -0.3 is 14.1 Å². The van der Waals surface area contributed by atoms with Gasteiger partial charge in [-0.3, -0.25) is 4.79 Å². The molecule has 1 amide bonds. The van der Waals surface area contributed by atoms with Crippen molar-refractivity contribution in [1.82, 2.24) is 14.9 Å². The second-order valence-corrected chi connectivity index (χ2v) is 5.78. The van der Waals surface area contributed by atoms with Crippen molar-refractivity contribution in [2.75, 3.05) is 13.1 Å². The number of nitrogens with zero attached hydrogens (tertiary/aromatic N) is 4. The Hall–Kier alpha value is -2.88. The third-order valence-electron chi connectivity index (χ3n) is 3.99. The lowest BCUT2D eigenvalue weighted by Crippen LogP contribution is -2.44. The van der Waals surface area contributed by atoms with Crippen molar-refractivity contribution in [3.05, 3.63) is 41.2 Å². The number of likely N-dealkylation sites (tertiary alicyclic amines) is 1. The lowest BCUT2D eigenvalue weighted by molar-refractivity contribution is 0.0524. The number of hydrogen-bond donors (Lipinski definition) is 0. The van der Waals surface area contributed by atoms with E-state index in [4.69, 9.17) is 14.4 Å². The fourth-order valence-electron chi connectivity index (χ4n) is 2.88. The van der Waals surface area contributed by atoms with Crippen molar-refractivity contribution >= 4 is 5.91 Å². The van der Waals surface area contributed by atoms with Crippen molar-refractivity contribution in [3.8, 4) is 11.9 Å². The Labute approximate surface area is 139 Å². The molecule has 24 heavy (non-hydrogen) atoms. The minimum atomic E-state index is -0.209. The molecule has 1 saturated heterocycles. The lowest BCUT2D eigenvalue weighted by Gasteiger charge is -2.32. The first-order valence-electron chi connectivity index (χ1n) is 7.82. The molecule has 0 radical (unpaired) electrons. The van der Waals surface area contributed by atoms with Gasteiger partial charge >= 0.3 is 0 Å². The van der Waals surface area contributed by atoms with Crippen molar-refractivity contribution in [2.45, 2.75) is 32.8 Å². The monoisotopic (exact) mass is 326 g/mol. The van der Waals surface area contributed by atoms with Crippen LogP contribution in [-0.2, 0) is 0 Å². The summed E-state index contributed by atoms with van der Waals surface area (Å²) in [7, 11) is 0. The molecule has 1 fully saturated rings. The molecule has 0 unspecified atom stereocenters. The zero-order valence-electron chi connectivity index (χ0n) is 13.7. The van der Waals surface area contributed by atoms with Crippen LogP contribution < -0.4 is 4.74 Å². The minimum Gasteiger partial charge on any atom is -0.470 e. The highest BCUT2D eigenvalue weighted by atomic mass is 16.5. The number of nitriles is 1. The molecule has 3 rings (SSSR count). The van der Waals surface area contributed by atoms with Gasteiger partial charge in [0.2, 0.25) is 5.69 Å². The quantitative estimate of drug-likeness (QED) is 0.859. The highest BCUT2D eigenvalue weighted by molar-refractivity contribution is 5.95. The Morgan fingerprint density at radius 1 is 1.42 bits per heavy atom. The molecule has 1 atom stereocenters. The maximum atomic E-state index is 12.7. The van der Waals surface area contributed by atoms with E-state index in [0.29, 0.717) is 24.4 Å². The predicted molar refractivity (Wildman–Crippen MR) is 84.5 cm³/mol. The van der Waals surface area contributed by atoms with Gasteiger partial charge in [0, 0.05) is 18.9 Å². The molecule has 1 aliphatic rings. The second-order valence-electron chi connectivity index (χ2n) is 5.78. The van der Waals surface area contributed by atoms with Crippen LogP contribution in [0.25, 0.3) is 0 Å². The van der Waals surface area contributed by atoms with E-state index in [2.05, 4.69) is 9.97 Å². The summed E-state index contributed by atoms with van der Waals surface area (Å²) in [5, 5.41) is 9.06. The van der Waals surface area contributed by atoms with Gasteiger partial charge in [-0.2, -0.15) is 5.26 Å². The molecule has 7 nitrogen and oxygen atoms in total. The Morgan fingerprint density at radius 2 is 2.21 bits per heavy atom.